The zero-order chi connectivity index (χ0) is 10.6. The van der Waals surface area contributed by atoms with E-state index in [0.717, 1.165) is 11.4 Å². The number of rotatable bonds is 5. The van der Waals surface area contributed by atoms with Crippen molar-refractivity contribution < 1.29 is 0 Å². The number of hydrogen-bond donors (Lipinski definition) is 1. The molecular formula is C11H18ClNS. The van der Waals surface area contributed by atoms with E-state index in [1.54, 1.807) is 0 Å². The molecule has 0 amide bonds. The van der Waals surface area contributed by atoms with E-state index in [0.29, 0.717) is 12.5 Å². The average Bonchev–Trinajstić information content (AvgIpc) is 2.51. The van der Waals surface area contributed by atoms with E-state index in [1.165, 1.54) is 22.6 Å². The van der Waals surface area contributed by atoms with Crippen LogP contribution in [0.3, 0.4) is 0 Å². The number of thiophene rings is 1. The molecule has 1 aromatic rings. The van der Waals surface area contributed by atoms with Crippen molar-refractivity contribution in [3.63, 3.8) is 0 Å². The maximum Gasteiger partial charge on any atom is 0.0550 e. The summed E-state index contributed by atoms with van der Waals surface area (Å²) in [6.45, 7) is 5.14. The van der Waals surface area contributed by atoms with Crippen LogP contribution < -0.4 is 5.73 Å². The van der Waals surface area contributed by atoms with Crippen LogP contribution in [0.2, 0.25) is 5.02 Å². The van der Waals surface area contributed by atoms with Gasteiger partial charge in [0.25, 0.3) is 0 Å². The van der Waals surface area contributed by atoms with Crippen LogP contribution in [-0.4, -0.2) is 6.54 Å². The molecule has 0 aromatic carbocycles. The normalized spacial score (nSPS) is 11.2. The smallest absolute Gasteiger partial charge is 0.0550 e. The molecule has 2 N–H and O–H groups in total. The lowest BCUT2D eigenvalue weighted by Gasteiger charge is -2.09. The molecule has 0 aliphatic rings. The topological polar surface area (TPSA) is 26.0 Å². The Hall–Kier alpha value is -0.0500. The monoisotopic (exact) mass is 231 g/mol. The Morgan fingerprint density at radius 1 is 1.43 bits per heavy atom. The van der Waals surface area contributed by atoms with Gasteiger partial charge in [-0.25, -0.2) is 0 Å². The van der Waals surface area contributed by atoms with Crippen molar-refractivity contribution in [2.24, 2.45) is 5.73 Å². The highest BCUT2D eigenvalue weighted by Crippen LogP contribution is 2.36. The fourth-order valence-corrected chi connectivity index (χ4v) is 3.44. The summed E-state index contributed by atoms with van der Waals surface area (Å²) in [5.41, 5.74) is 5.52. The second-order valence-corrected chi connectivity index (χ2v) is 5.05. The molecular weight excluding hydrogens is 214 g/mol. The molecule has 1 aromatic heterocycles. The first kappa shape index (κ1) is 12.0. The van der Waals surface area contributed by atoms with Gasteiger partial charge in [-0.2, -0.15) is 0 Å². The van der Waals surface area contributed by atoms with Gasteiger partial charge in [-0.15, -0.1) is 11.3 Å². The molecule has 0 aliphatic heterocycles. The maximum absolute atomic E-state index is 6.20. The second-order valence-electron chi connectivity index (χ2n) is 3.48. The van der Waals surface area contributed by atoms with Gasteiger partial charge in [-0.3, -0.25) is 0 Å². The van der Waals surface area contributed by atoms with Gasteiger partial charge in [-0.1, -0.05) is 25.4 Å². The summed E-state index contributed by atoms with van der Waals surface area (Å²) < 4.78 is 0. The largest absolute Gasteiger partial charge is 0.330 e. The molecule has 14 heavy (non-hydrogen) atoms. The minimum Gasteiger partial charge on any atom is -0.330 e. The Balaban J connectivity index is 2.85. The first-order valence-corrected chi connectivity index (χ1v) is 6.40. The molecule has 0 aliphatic carbocycles. The third-order valence-corrected chi connectivity index (χ3v) is 4.29. The quantitative estimate of drug-likeness (QED) is 0.820. The first-order chi connectivity index (χ1) is 6.72. The van der Waals surface area contributed by atoms with Crippen LogP contribution in [0.15, 0.2) is 6.07 Å². The van der Waals surface area contributed by atoms with E-state index in [-0.39, 0.29) is 0 Å². The van der Waals surface area contributed by atoms with E-state index in [4.69, 9.17) is 17.3 Å². The van der Waals surface area contributed by atoms with E-state index in [9.17, 15) is 0 Å². The predicted octanol–water partition coefficient (Wildman–Crippen LogP) is 3.81. The molecule has 0 saturated carbocycles. The van der Waals surface area contributed by atoms with Gasteiger partial charge < -0.3 is 5.73 Å². The molecule has 0 unspecified atom stereocenters. The Morgan fingerprint density at radius 2 is 2.07 bits per heavy atom. The Bertz CT molecular complexity index is 279. The van der Waals surface area contributed by atoms with E-state index in [1.807, 2.05) is 11.3 Å². The van der Waals surface area contributed by atoms with Crippen LogP contribution in [-0.2, 0) is 6.42 Å². The first-order valence-electron chi connectivity index (χ1n) is 5.21. The van der Waals surface area contributed by atoms with Crippen molar-refractivity contribution in [1.82, 2.24) is 0 Å². The minimum atomic E-state index is 0.624. The number of hydrogen-bond acceptors (Lipinski definition) is 2. The predicted molar refractivity (Wildman–Crippen MR) is 65.4 cm³/mol. The van der Waals surface area contributed by atoms with Gasteiger partial charge in [0, 0.05) is 9.75 Å². The van der Waals surface area contributed by atoms with Crippen molar-refractivity contribution in [3.8, 4) is 0 Å². The number of halogens is 1. The van der Waals surface area contributed by atoms with Gasteiger partial charge >= 0.3 is 0 Å². The van der Waals surface area contributed by atoms with Crippen LogP contribution in [0, 0.1) is 0 Å². The zero-order valence-electron chi connectivity index (χ0n) is 8.85. The standard InChI is InChI=1S/C11H18ClNS/c1-3-8(4-2)11-10(12)7-9(14-11)5-6-13/h7-8H,3-6,13H2,1-2H3. The molecule has 0 saturated heterocycles. The van der Waals surface area contributed by atoms with Gasteiger partial charge in [0.2, 0.25) is 0 Å². The van der Waals surface area contributed by atoms with Gasteiger partial charge in [0.15, 0.2) is 0 Å². The molecule has 3 heteroatoms. The highest BCUT2D eigenvalue weighted by atomic mass is 35.5. The van der Waals surface area contributed by atoms with Crippen molar-refractivity contribution in [3.05, 3.63) is 20.8 Å². The van der Waals surface area contributed by atoms with Crippen LogP contribution in [0.5, 0.6) is 0 Å². The lowest BCUT2D eigenvalue weighted by Crippen LogP contribution is -2.00. The second kappa shape index (κ2) is 5.74. The third kappa shape index (κ3) is 2.72. The molecule has 80 valence electrons. The van der Waals surface area contributed by atoms with Crippen LogP contribution in [0.1, 0.15) is 42.4 Å². The fourth-order valence-electron chi connectivity index (χ4n) is 1.64. The summed E-state index contributed by atoms with van der Waals surface area (Å²) in [7, 11) is 0. The highest BCUT2D eigenvalue weighted by molar-refractivity contribution is 7.12. The van der Waals surface area contributed by atoms with E-state index >= 15 is 0 Å². The highest BCUT2D eigenvalue weighted by Gasteiger charge is 2.14. The summed E-state index contributed by atoms with van der Waals surface area (Å²) in [5.74, 6) is 0.624. The molecule has 0 fully saturated rings. The minimum absolute atomic E-state index is 0.624. The third-order valence-electron chi connectivity index (χ3n) is 2.51. The van der Waals surface area contributed by atoms with Crippen molar-refractivity contribution in [2.45, 2.75) is 39.0 Å². The lowest BCUT2D eigenvalue weighted by molar-refractivity contribution is 0.653. The molecule has 1 nitrogen and oxygen atoms in total. The average molecular weight is 232 g/mol. The van der Waals surface area contributed by atoms with Gasteiger partial charge in [0.05, 0.1) is 5.02 Å². The molecule has 0 radical (unpaired) electrons. The lowest BCUT2D eigenvalue weighted by atomic mass is 10.0. The Kier molecular flexibility index (Phi) is 4.93. The summed E-state index contributed by atoms with van der Waals surface area (Å²) >= 11 is 8.03. The molecule has 1 rings (SSSR count). The maximum atomic E-state index is 6.20. The summed E-state index contributed by atoms with van der Waals surface area (Å²) in [5, 5.41) is 0.937. The SMILES string of the molecule is CCC(CC)c1sc(CCN)cc1Cl. The molecule has 1 heterocycles. The zero-order valence-corrected chi connectivity index (χ0v) is 10.4. The Labute approximate surface area is 95.3 Å². The fraction of sp³-hybridized carbons (Fsp3) is 0.636. The van der Waals surface area contributed by atoms with Gasteiger partial charge in [0.1, 0.15) is 0 Å². The van der Waals surface area contributed by atoms with E-state index in [2.05, 4.69) is 19.9 Å². The van der Waals surface area contributed by atoms with Crippen LogP contribution in [0.4, 0.5) is 0 Å². The van der Waals surface area contributed by atoms with Gasteiger partial charge in [-0.05, 0) is 37.8 Å². The van der Waals surface area contributed by atoms with Crippen LogP contribution in [0.25, 0.3) is 0 Å². The van der Waals surface area contributed by atoms with Crippen molar-refractivity contribution in [2.75, 3.05) is 6.54 Å². The summed E-state index contributed by atoms with van der Waals surface area (Å²) in [6.07, 6.45) is 3.28. The van der Waals surface area contributed by atoms with E-state index < -0.39 is 0 Å². The van der Waals surface area contributed by atoms with Crippen molar-refractivity contribution >= 4 is 22.9 Å². The van der Waals surface area contributed by atoms with Crippen LogP contribution >= 0.6 is 22.9 Å². The molecule has 0 atom stereocenters. The number of nitrogens with two attached hydrogens (primary N) is 1. The Morgan fingerprint density at radius 3 is 2.57 bits per heavy atom. The molecule has 0 bridgehead atoms. The summed E-state index contributed by atoms with van der Waals surface area (Å²) in [6, 6.07) is 2.08. The van der Waals surface area contributed by atoms with Crippen molar-refractivity contribution in [1.29, 1.82) is 0 Å². The summed E-state index contributed by atoms with van der Waals surface area (Å²) in [4.78, 5) is 2.67. The molecule has 0 spiro atoms.